The topological polar surface area (TPSA) is 65.3 Å². The highest BCUT2D eigenvalue weighted by Gasteiger charge is 2.38. The Morgan fingerprint density at radius 2 is 1.91 bits per heavy atom. The zero-order valence-electron chi connectivity index (χ0n) is 19.2. The number of nitrogens with two attached hydrogens (primary N) is 1. The second-order valence-corrected chi connectivity index (χ2v) is 10.5. The van der Waals surface area contributed by atoms with Crippen LogP contribution < -0.4 is 26.6 Å². The fourth-order valence-electron chi connectivity index (χ4n) is 5.29. The van der Waals surface area contributed by atoms with Crippen molar-refractivity contribution in [1.29, 1.82) is 0 Å². The summed E-state index contributed by atoms with van der Waals surface area (Å²) in [6.45, 7) is 3.96. The minimum absolute atomic E-state index is 0.492. The van der Waals surface area contributed by atoms with Crippen molar-refractivity contribution in [2.75, 3.05) is 48.3 Å². The lowest BCUT2D eigenvalue weighted by molar-refractivity contribution is -0.137. The molecule has 3 aliphatic rings. The van der Waals surface area contributed by atoms with Crippen molar-refractivity contribution < 1.29 is 13.2 Å². The van der Waals surface area contributed by atoms with Crippen LogP contribution in [0.4, 0.5) is 35.9 Å². The highest BCUT2D eigenvalue weighted by molar-refractivity contribution is 7.99. The van der Waals surface area contributed by atoms with E-state index >= 15 is 0 Å². The van der Waals surface area contributed by atoms with Crippen LogP contribution in [0, 0.1) is 5.92 Å². The molecule has 9 heteroatoms. The number of anilines is 4. The molecule has 0 amide bonds. The Labute approximate surface area is 203 Å². The fourth-order valence-corrected chi connectivity index (χ4v) is 6.38. The quantitative estimate of drug-likeness (QED) is 0.291. The van der Waals surface area contributed by atoms with Gasteiger partial charge in [-0.1, -0.05) is 11.8 Å². The Balaban J connectivity index is 1.33. The first-order valence-electron chi connectivity index (χ1n) is 12.2. The van der Waals surface area contributed by atoms with Crippen molar-refractivity contribution in [2.45, 2.75) is 54.1 Å². The van der Waals surface area contributed by atoms with Gasteiger partial charge in [-0.3, -0.25) is 0 Å². The van der Waals surface area contributed by atoms with Gasteiger partial charge in [-0.15, -0.1) is 0 Å². The van der Waals surface area contributed by atoms with Gasteiger partial charge in [-0.2, -0.15) is 13.2 Å². The van der Waals surface area contributed by atoms with Crippen LogP contribution in [0.15, 0.2) is 40.1 Å². The van der Waals surface area contributed by atoms with E-state index in [4.69, 9.17) is 5.73 Å². The van der Waals surface area contributed by atoms with Crippen LogP contribution in [0.2, 0.25) is 0 Å². The third-order valence-electron chi connectivity index (χ3n) is 7.02. The number of halogens is 3. The smallest absolute Gasteiger partial charge is 0.383 e. The van der Waals surface area contributed by atoms with E-state index in [0.29, 0.717) is 29.7 Å². The number of hydrogen-bond donors (Lipinski definition) is 4. The molecule has 2 aromatic carbocycles. The normalized spacial score (nSPS) is 20.8. The molecule has 2 unspecified atom stereocenters. The van der Waals surface area contributed by atoms with Crippen LogP contribution in [0.5, 0.6) is 0 Å². The first-order chi connectivity index (χ1) is 16.4. The molecular weight excluding hydrogens is 459 g/mol. The van der Waals surface area contributed by atoms with Crippen molar-refractivity contribution in [3.05, 3.63) is 35.9 Å². The third kappa shape index (κ3) is 4.97. The van der Waals surface area contributed by atoms with Crippen LogP contribution in [0.25, 0.3) is 0 Å². The van der Waals surface area contributed by atoms with E-state index in [0.717, 1.165) is 54.7 Å². The average molecular weight is 492 g/mol. The molecule has 0 aromatic heterocycles. The van der Waals surface area contributed by atoms with E-state index in [1.165, 1.54) is 48.8 Å². The molecule has 2 aromatic rings. The molecule has 2 fully saturated rings. The van der Waals surface area contributed by atoms with E-state index in [2.05, 4.69) is 39.0 Å². The second-order valence-electron chi connectivity index (χ2n) is 9.46. The highest BCUT2D eigenvalue weighted by atomic mass is 32.2. The number of rotatable bonds is 9. The first kappa shape index (κ1) is 23.6. The second kappa shape index (κ2) is 9.87. The molecule has 1 aliphatic carbocycles. The molecule has 34 heavy (non-hydrogen) atoms. The van der Waals surface area contributed by atoms with Gasteiger partial charge in [-0.25, -0.2) is 0 Å². The van der Waals surface area contributed by atoms with E-state index in [1.54, 1.807) is 0 Å². The van der Waals surface area contributed by atoms with Gasteiger partial charge in [-0.05, 0) is 88.0 Å². The molecule has 2 heterocycles. The van der Waals surface area contributed by atoms with Gasteiger partial charge in [0.25, 0.3) is 0 Å². The van der Waals surface area contributed by atoms with E-state index in [1.807, 2.05) is 0 Å². The van der Waals surface area contributed by atoms with Gasteiger partial charge in [0.1, 0.15) is 0 Å². The van der Waals surface area contributed by atoms with Gasteiger partial charge >= 0.3 is 6.18 Å². The highest BCUT2D eigenvalue weighted by Crippen LogP contribution is 2.51. The minimum atomic E-state index is -4.40. The zero-order valence-corrected chi connectivity index (χ0v) is 20.0. The molecule has 5 nitrogen and oxygen atoms in total. The number of fused-ring (bicyclic) bond motifs is 4. The standard InChI is InChI=1S/C25H32F3N5S/c26-25(27,28)17-12-21(31-10-2-9-30-8-1-7-29)24-23(13-17)34-22-14-19(5-6-20(22)32-24)33-15-16-3-4-18(33)11-16/h5-6,12-14,16,18,30-32H,1-4,7-11,15,29H2. The van der Waals surface area contributed by atoms with Gasteiger partial charge in [0, 0.05) is 34.6 Å². The molecule has 2 aliphatic heterocycles. The van der Waals surface area contributed by atoms with Crippen molar-refractivity contribution in [2.24, 2.45) is 11.7 Å². The van der Waals surface area contributed by atoms with Crippen LogP contribution >= 0.6 is 11.8 Å². The molecule has 2 atom stereocenters. The van der Waals surface area contributed by atoms with Gasteiger partial charge in [0.2, 0.25) is 0 Å². The van der Waals surface area contributed by atoms with E-state index < -0.39 is 11.7 Å². The lowest BCUT2D eigenvalue weighted by atomic mass is 10.1. The monoisotopic (exact) mass is 491 g/mol. The summed E-state index contributed by atoms with van der Waals surface area (Å²) in [6.07, 6.45) is 1.14. The van der Waals surface area contributed by atoms with Gasteiger partial charge in [0.05, 0.1) is 22.6 Å². The predicted octanol–water partition coefficient (Wildman–Crippen LogP) is 5.64. The maximum Gasteiger partial charge on any atom is 0.416 e. The number of nitrogens with one attached hydrogen (secondary N) is 3. The van der Waals surface area contributed by atoms with Crippen molar-refractivity contribution in [3.8, 4) is 0 Å². The Bertz CT molecular complexity index is 1030. The fraction of sp³-hybridized carbons (Fsp3) is 0.520. The molecular formula is C25H32F3N5S. The van der Waals surface area contributed by atoms with Crippen LogP contribution in [-0.4, -0.2) is 38.8 Å². The lowest BCUT2D eigenvalue weighted by Gasteiger charge is -2.31. The predicted molar refractivity (Wildman–Crippen MR) is 133 cm³/mol. The van der Waals surface area contributed by atoms with Gasteiger partial charge < -0.3 is 26.6 Å². The molecule has 5 N–H and O–H groups in total. The molecule has 0 spiro atoms. The summed E-state index contributed by atoms with van der Waals surface area (Å²) >= 11 is 1.42. The molecule has 2 bridgehead atoms. The maximum atomic E-state index is 13.7. The summed E-state index contributed by atoms with van der Waals surface area (Å²) in [5.74, 6) is 0.784. The summed E-state index contributed by atoms with van der Waals surface area (Å²) in [7, 11) is 0. The summed E-state index contributed by atoms with van der Waals surface area (Å²) in [5, 5.41) is 9.94. The number of piperidine rings is 1. The summed E-state index contributed by atoms with van der Waals surface area (Å²) in [5.41, 5.74) is 8.19. The van der Waals surface area contributed by atoms with E-state index in [9.17, 15) is 13.2 Å². The number of alkyl halides is 3. The Kier molecular flexibility index (Phi) is 6.86. The Morgan fingerprint density at radius 1 is 1.06 bits per heavy atom. The Morgan fingerprint density at radius 3 is 2.65 bits per heavy atom. The molecule has 5 rings (SSSR count). The molecule has 184 valence electrons. The molecule has 0 radical (unpaired) electrons. The average Bonchev–Trinajstić information content (AvgIpc) is 3.45. The minimum Gasteiger partial charge on any atom is -0.383 e. The largest absolute Gasteiger partial charge is 0.416 e. The Hall–Kier alpha value is -2.10. The molecule has 1 saturated carbocycles. The van der Waals surface area contributed by atoms with Crippen LogP contribution in [-0.2, 0) is 6.18 Å². The van der Waals surface area contributed by atoms with Crippen LogP contribution in [0.1, 0.15) is 37.7 Å². The molecule has 1 saturated heterocycles. The number of hydrogen-bond acceptors (Lipinski definition) is 6. The SMILES string of the molecule is NCCCNCCCNc1cc(C(F)(F)F)cc2c1Nc1ccc(N3CC4CCC3C4)cc1S2. The summed E-state index contributed by atoms with van der Waals surface area (Å²) in [6, 6.07) is 9.43. The van der Waals surface area contributed by atoms with Crippen molar-refractivity contribution in [1.82, 2.24) is 5.32 Å². The maximum absolute atomic E-state index is 13.7. The van der Waals surface area contributed by atoms with Gasteiger partial charge in [0.15, 0.2) is 0 Å². The summed E-state index contributed by atoms with van der Waals surface area (Å²) in [4.78, 5) is 4.05. The lowest BCUT2D eigenvalue weighted by Crippen LogP contribution is -2.31. The summed E-state index contributed by atoms with van der Waals surface area (Å²) < 4.78 is 41.0. The third-order valence-corrected chi connectivity index (χ3v) is 8.12. The zero-order chi connectivity index (χ0) is 23.7. The van der Waals surface area contributed by atoms with Crippen molar-refractivity contribution >= 4 is 34.5 Å². The van der Waals surface area contributed by atoms with E-state index in [-0.39, 0.29) is 0 Å². The van der Waals surface area contributed by atoms with Crippen molar-refractivity contribution in [3.63, 3.8) is 0 Å². The first-order valence-corrected chi connectivity index (χ1v) is 13.0. The number of benzene rings is 2. The number of nitrogens with zero attached hydrogens (tertiary/aromatic N) is 1. The van der Waals surface area contributed by atoms with Crippen LogP contribution in [0.3, 0.4) is 0 Å².